The van der Waals surface area contributed by atoms with Crippen LogP contribution in [-0.2, 0) is 0 Å². The molecular weight excluding hydrogens is 230 g/mol. The van der Waals surface area contributed by atoms with Gasteiger partial charge in [-0.3, -0.25) is 0 Å². The Bertz CT molecular complexity index is 536. The summed E-state index contributed by atoms with van der Waals surface area (Å²) in [5.41, 5.74) is 1.49. The van der Waals surface area contributed by atoms with Crippen molar-refractivity contribution in [3.8, 4) is 0 Å². The van der Waals surface area contributed by atoms with Gasteiger partial charge in [0.25, 0.3) is 0 Å². The first-order valence-electron chi connectivity index (χ1n) is 5.82. The van der Waals surface area contributed by atoms with Gasteiger partial charge < -0.3 is 15.4 Å². The summed E-state index contributed by atoms with van der Waals surface area (Å²) in [5, 5.41) is 11.5. The number of carboxylic acid groups (broad SMARTS) is 1. The summed E-state index contributed by atoms with van der Waals surface area (Å²) in [5.74, 6) is 0.645. The number of benzene rings is 1. The molecule has 0 bridgehead atoms. The van der Waals surface area contributed by atoms with Crippen molar-refractivity contribution in [3.63, 3.8) is 0 Å². The zero-order valence-electron chi connectivity index (χ0n) is 10.7. The maximum Gasteiger partial charge on any atom is 0.405 e. The topological polar surface area (TPSA) is 78.0 Å². The normalized spacial score (nSPS) is 13.5. The van der Waals surface area contributed by atoms with E-state index in [-0.39, 0.29) is 11.5 Å². The molecule has 2 aromatic rings. The second kappa shape index (κ2) is 4.33. The smallest absolute Gasteiger partial charge is 0.405 e. The largest absolute Gasteiger partial charge is 0.465 e. The number of amides is 1. The minimum atomic E-state index is -1.05. The van der Waals surface area contributed by atoms with E-state index in [1.54, 1.807) is 0 Å². The summed E-state index contributed by atoms with van der Waals surface area (Å²) in [6.45, 7) is 5.92. The molecule has 0 saturated heterocycles. The molecule has 0 saturated carbocycles. The number of rotatable bonds is 2. The summed E-state index contributed by atoms with van der Waals surface area (Å²) in [6, 6.07) is 7.27. The number of hydrogen-bond acceptors (Lipinski definition) is 2. The number of aromatic nitrogens is 2. The van der Waals surface area contributed by atoms with Crippen LogP contribution in [0, 0.1) is 5.41 Å². The van der Waals surface area contributed by atoms with Crippen LogP contribution >= 0.6 is 0 Å². The first-order valence-corrected chi connectivity index (χ1v) is 5.82. The number of H-pyrrole nitrogens is 1. The highest BCUT2D eigenvalue weighted by atomic mass is 16.4. The summed E-state index contributed by atoms with van der Waals surface area (Å²) in [4.78, 5) is 18.5. The standard InChI is InChI=1S/C13H17N3O2/c1-13(2,3)10(16-12(17)18)11-14-8-6-4-5-7-9(8)15-11/h4-7,10,16H,1-3H3,(H,14,15)(H,17,18). The van der Waals surface area contributed by atoms with Gasteiger partial charge in [0.1, 0.15) is 5.82 Å². The minimum Gasteiger partial charge on any atom is -0.465 e. The number of aromatic amines is 1. The monoisotopic (exact) mass is 247 g/mol. The summed E-state index contributed by atoms with van der Waals surface area (Å²) < 4.78 is 0. The Morgan fingerprint density at radius 3 is 2.61 bits per heavy atom. The Labute approximate surface area is 105 Å². The molecule has 2 rings (SSSR count). The molecule has 1 amide bonds. The second-order valence-electron chi connectivity index (χ2n) is 5.39. The lowest BCUT2D eigenvalue weighted by atomic mass is 9.86. The molecule has 0 fully saturated rings. The fourth-order valence-corrected chi connectivity index (χ4v) is 1.93. The predicted molar refractivity (Wildman–Crippen MR) is 69.5 cm³/mol. The van der Waals surface area contributed by atoms with Crippen molar-refractivity contribution < 1.29 is 9.90 Å². The number of carbonyl (C=O) groups is 1. The maximum absolute atomic E-state index is 10.9. The lowest BCUT2D eigenvalue weighted by molar-refractivity contribution is 0.173. The minimum absolute atomic E-state index is 0.258. The molecule has 3 N–H and O–H groups in total. The highest BCUT2D eigenvalue weighted by Crippen LogP contribution is 2.32. The van der Waals surface area contributed by atoms with Gasteiger partial charge in [-0.05, 0) is 17.5 Å². The zero-order valence-corrected chi connectivity index (χ0v) is 10.7. The molecule has 1 aromatic carbocycles. The van der Waals surface area contributed by atoms with Gasteiger partial charge in [0.15, 0.2) is 0 Å². The van der Waals surface area contributed by atoms with Crippen molar-refractivity contribution in [2.24, 2.45) is 5.41 Å². The van der Waals surface area contributed by atoms with Crippen molar-refractivity contribution >= 4 is 17.1 Å². The summed E-state index contributed by atoms with van der Waals surface area (Å²) in [7, 11) is 0. The van der Waals surface area contributed by atoms with Gasteiger partial charge in [0, 0.05) is 0 Å². The molecule has 1 heterocycles. The third kappa shape index (κ3) is 2.45. The van der Waals surface area contributed by atoms with Crippen molar-refractivity contribution in [2.45, 2.75) is 26.8 Å². The molecule has 0 aliphatic rings. The highest BCUT2D eigenvalue weighted by molar-refractivity contribution is 5.75. The van der Waals surface area contributed by atoms with Crippen LogP contribution in [0.3, 0.4) is 0 Å². The molecular formula is C13H17N3O2. The van der Waals surface area contributed by atoms with E-state index in [2.05, 4.69) is 15.3 Å². The molecule has 0 aliphatic heterocycles. The van der Waals surface area contributed by atoms with Crippen LogP contribution in [0.25, 0.3) is 11.0 Å². The number of fused-ring (bicyclic) bond motifs is 1. The van der Waals surface area contributed by atoms with E-state index in [0.717, 1.165) is 11.0 Å². The van der Waals surface area contributed by atoms with Crippen LogP contribution in [-0.4, -0.2) is 21.2 Å². The van der Waals surface area contributed by atoms with E-state index in [0.29, 0.717) is 5.82 Å². The van der Waals surface area contributed by atoms with E-state index in [9.17, 15) is 4.79 Å². The van der Waals surface area contributed by atoms with Gasteiger partial charge in [0.05, 0.1) is 17.1 Å². The Hall–Kier alpha value is -2.04. The SMILES string of the molecule is CC(C)(C)C(NC(=O)O)c1nc2ccccc2[nH]1. The lowest BCUT2D eigenvalue weighted by Gasteiger charge is -2.28. The van der Waals surface area contributed by atoms with E-state index in [1.807, 2.05) is 45.0 Å². The predicted octanol–water partition coefficient (Wildman–Crippen LogP) is 2.92. The van der Waals surface area contributed by atoms with Crippen molar-refractivity contribution in [1.29, 1.82) is 0 Å². The summed E-state index contributed by atoms with van der Waals surface area (Å²) in [6.07, 6.45) is -1.05. The van der Waals surface area contributed by atoms with E-state index in [4.69, 9.17) is 5.11 Å². The molecule has 0 radical (unpaired) electrons. The number of nitrogens with one attached hydrogen (secondary N) is 2. The summed E-state index contributed by atoms with van der Waals surface area (Å²) >= 11 is 0. The molecule has 0 spiro atoms. The quantitative estimate of drug-likeness (QED) is 0.763. The van der Waals surface area contributed by atoms with Crippen LogP contribution < -0.4 is 5.32 Å². The first-order chi connectivity index (χ1) is 8.38. The van der Waals surface area contributed by atoms with Gasteiger partial charge in [-0.1, -0.05) is 32.9 Å². The highest BCUT2D eigenvalue weighted by Gasteiger charge is 2.30. The van der Waals surface area contributed by atoms with Crippen LogP contribution in [0.15, 0.2) is 24.3 Å². The Morgan fingerprint density at radius 1 is 1.39 bits per heavy atom. The van der Waals surface area contributed by atoms with Crippen molar-refractivity contribution in [2.75, 3.05) is 0 Å². The van der Waals surface area contributed by atoms with Gasteiger partial charge in [0.2, 0.25) is 0 Å². The molecule has 5 heteroatoms. The number of para-hydroxylation sites is 2. The van der Waals surface area contributed by atoms with Crippen LogP contribution in [0.1, 0.15) is 32.6 Å². The van der Waals surface area contributed by atoms with Crippen LogP contribution in [0.2, 0.25) is 0 Å². The first kappa shape index (κ1) is 12.4. The molecule has 1 aromatic heterocycles. The molecule has 1 atom stereocenters. The number of nitrogens with zero attached hydrogens (tertiary/aromatic N) is 1. The van der Waals surface area contributed by atoms with E-state index < -0.39 is 6.09 Å². The molecule has 96 valence electrons. The molecule has 5 nitrogen and oxygen atoms in total. The van der Waals surface area contributed by atoms with E-state index >= 15 is 0 Å². The van der Waals surface area contributed by atoms with Crippen LogP contribution in [0.5, 0.6) is 0 Å². The van der Waals surface area contributed by atoms with Gasteiger partial charge in [-0.25, -0.2) is 9.78 Å². The fourth-order valence-electron chi connectivity index (χ4n) is 1.93. The third-order valence-corrected chi connectivity index (χ3v) is 2.81. The molecule has 0 aliphatic carbocycles. The lowest BCUT2D eigenvalue weighted by Crippen LogP contribution is -2.36. The van der Waals surface area contributed by atoms with Gasteiger partial charge in [-0.15, -0.1) is 0 Å². The Morgan fingerprint density at radius 2 is 2.06 bits per heavy atom. The maximum atomic E-state index is 10.9. The Balaban J connectivity index is 2.44. The molecule has 18 heavy (non-hydrogen) atoms. The third-order valence-electron chi connectivity index (χ3n) is 2.81. The van der Waals surface area contributed by atoms with Crippen molar-refractivity contribution in [1.82, 2.24) is 15.3 Å². The molecule has 1 unspecified atom stereocenters. The number of hydrogen-bond donors (Lipinski definition) is 3. The van der Waals surface area contributed by atoms with Gasteiger partial charge >= 0.3 is 6.09 Å². The average molecular weight is 247 g/mol. The zero-order chi connectivity index (χ0) is 13.3. The van der Waals surface area contributed by atoms with Crippen molar-refractivity contribution in [3.05, 3.63) is 30.1 Å². The van der Waals surface area contributed by atoms with E-state index in [1.165, 1.54) is 0 Å². The fraction of sp³-hybridized carbons (Fsp3) is 0.385. The Kier molecular flexibility index (Phi) is 2.98. The average Bonchev–Trinajstić information content (AvgIpc) is 2.67. The number of imidazole rings is 1. The second-order valence-corrected chi connectivity index (χ2v) is 5.39. The van der Waals surface area contributed by atoms with Crippen LogP contribution in [0.4, 0.5) is 4.79 Å². The van der Waals surface area contributed by atoms with Gasteiger partial charge in [-0.2, -0.15) is 0 Å².